The number of amides is 2. The fraction of sp³-hybridized carbons (Fsp3) is 0.462. The van der Waals surface area contributed by atoms with Crippen molar-refractivity contribution in [1.29, 1.82) is 0 Å². The highest BCUT2D eigenvalue weighted by atomic mass is 35.5. The maximum atomic E-state index is 13.2. The van der Waals surface area contributed by atoms with E-state index in [4.69, 9.17) is 16.3 Å². The van der Waals surface area contributed by atoms with Crippen LogP contribution in [0.25, 0.3) is 0 Å². The smallest absolute Gasteiger partial charge is 0.243 e. The van der Waals surface area contributed by atoms with Crippen LogP contribution in [0, 0.1) is 6.92 Å². The molecule has 2 aromatic carbocycles. The molecule has 0 saturated heterocycles. The Kier molecular flexibility index (Phi) is 10.5. The largest absolute Gasteiger partial charge is 0.494 e. The number of carbonyl (C=O) groups excluding carboxylic acids is 2. The summed E-state index contributed by atoms with van der Waals surface area (Å²) in [5.41, 5.74) is 2.11. The van der Waals surface area contributed by atoms with Crippen LogP contribution in [-0.4, -0.2) is 35.4 Å². The van der Waals surface area contributed by atoms with E-state index in [1.807, 2.05) is 64.1 Å². The van der Waals surface area contributed by atoms with Crippen molar-refractivity contribution in [2.45, 2.75) is 72.0 Å². The lowest BCUT2D eigenvalue weighted by Crippen LogP contribution is -2.50. The third-order valence-electron chi connectivity index (χ3n) is 5.48. The molecular weight excluding hydrogens is 424 g/mol. The minimum Gasteiger partial charge on any atom is -0.494 e. The molecule has 174 valence electrons. The second-order valence-corrected chi connectivity index (χ2v) is 8.59. The molecule has 32 heavy (non-hydrogen) atoms. The molecule has 0 fully saturated rings. The maximum Gasteiger partial charge on any atom is 0.243 e. The van der Waals surface area contributed by atoms with Gasteiger partial charge in [-0.2, -0.15) is 0 Å². The van der Waals surface area contributed by atoms with Crippen LogP contribution in [0.4, 0.5) is 0 Å². The van der Waals surface area contributed by atoms with Crippen molar-refractivity contribution in [1.82, 2.24) is 10.2 Å². The van der Waals surface area contributed by atoms with Crippen molar-refractivity contribution in [3.05, 3.63) is 64.7 Å². The molecule has 2 aromatic rings. The van der Waals surface area contributed by atoms with Gasteiger partial charge in [0.15, 0.2) is 0 Å². The molecule has 0 aliphatic carbocycles. The van der Waals surface area contributed by atoms with Gasteiger partial charge in [-0.3, -0.25) is 9.59 Å². The molecule has 0 radical (unpaired) electrons. The topological polar surface area (TPSA) is 58.6 Å². The summed E-state index contributed by atoms with van der Waals surface area (Å²) in [6.07, 6.45) is 2.27. The maximum absolute atomic E-state index is 13.2. The number of carbonyl (C=O) groups is 2. The van der Waals surface area contributed by atoms with E-state index in [2.05, 4.69) is 5.32 Å². The van der Waals surface area contributed by atoms with Gasteiger partial charge in [0.1, 0.15) is 11.8 Å². The van der Waals surface area contributed by atoms with E-state index in [-0.39, 0.29) is 17.9 Å². The van der Waals surface area contributed by atoms with Crippen LogP contribution in [0.1, 0.15) is 57.6 Å². The van der Waals surface area contributed by atoms with Crippen LogP contribution in [0.3, 0.4) is 0 Å². The molecule has 0 bridgehead atoms. The zero-order chi connectivity index (χ0) is 23.5. The fourth-order valence-corrected chi connectivity index (χ4v) is 3.46. The van der Waals surface area contributed by atoms with Crippen LogP contribution >= 0.6 is 11.6 Å². The lowest BCUT2D eigenvalue weighted by atomic mass is 10.1. The number of hydrogen-bond donors (Lipinski definition) is 1. The highest BCUT2D eigenvalue weighted by Crippen LogP contribution is 2.17. The summed E-state index contributed by atoms with van der Waals surface area (Å²) in [6.45, 7) is 8.76. The fourth-order valence-electron chi connectivity index (χ4n) is 3.34. The molecule has 6 heteroatoms. The van der Waals surface area contributed by atoms with E-state index in [0.29, 0.717) is 37.4 Å². The molecule has 0 unspecified atom stereocenters. The average molecular weight is 459 g/mol. The van der Waals surface area contributed by atoms with E-state index >= 15 is 0 Å². The van der Waals surface area contributed by atoms with Gasteiger partial charge >= 0.3 is 0 Å². The second-order valence-electron chi connectivity index (χ2n) is 8.16. The molecule has 0 spiro atoms. The minimum atomic E-state index is -0.523. The predicted octanol–water partition coefficient (Wildman–Crippen LogP) is 5.53. The van der Waals surface area contributed by atoms with Gasteiger partial charge in [-0.05, 0) is 62.9 Å². The van der Waals surface area contributed by atoms with Crippen molar-refractivity contribution in [2.75, 3.05) is 6.61 Å². The van der Waals surface area contributed by atoms with Gasteiger partial charge < -0.3 is 15.0 Å². The van der Waals surface area contributed by atoms with E-state index in [9.17, 15) is 9.59 Å². The Morgan fingerprint density at radius 2 is 1.69 bits per heavy atom. The minimum absolute atomic E-state index is 0.0568. The highest BCUT2D eigenvalue weighted by molar-refractivity contribution is 6.30. The Hall–Kier alpha value is -2.53. The molecule has 0 saturated carbocycles. The number of benzene rings is 2. The zero-order valence-electron chi connectivity index (χ0n) is 19.6. The number of aryl methyl sites for hydroxylation is 1. The van der Waals surface area contributed by atoms with Crippen molar-refractivity contribution in [3.63, 3.8) is 0 Å². The highest BCUT2D eigenvalue weighted by Gasteiger charge is 2.28. The van der Waals surface area contributed by atoms with E-state index in [0.717, 1.165) is 17.7 Å². The zero-order valence-corrected chi connectivity index (χ0v) is 20.3. The molecule has 0 aromatic heterocycles. The molecule has 1 N–H and O–H groups in total. The van der Waals surface area contributed by atoms with Crippen molar-refractivity contribution >= 4 is 23.4 Å². The number of halogens is 1. The van der Waals surface area contributed by atoms with E-state index in [1.165, 1.54) is 5.56 Å². The lowest BCUT2D eigenvalue weighted by molar-refractivity contribution is -0.141. The third-order valence-corrected chi connectivity index (χ3v) is 5.73. The SMILES string of the molecule is CC[C@@H](C)NC(=O)[C@H](CC)N(Cc1ccc(Cl)cc1)C(=O)CCCOc1ccc(C)cc1. The van der Waals surface area contributed by atoms with Crippen LogP contribution < -0.4 is 10.1 Å². The van der Waals surface area contributed by atoms with E-state index < -0.39 is 6.04 Å². The number of rotatable bonds is 12. The first kappa shape index (κ1) is 25.7. The number of ether oxygens (including phenoxy) is 1. The quantitative estimate of drug-likeness (QED) is 0.425. The predicted molar refractivity (Wildman–Crippen MR) is 130 cm³/mol. The monoisotopic (exact) mass is 458 g/mol. The summed E-state index contributed by atoms with van der Waals surface area (Å²) in [7, 11) is 0. The Morgan fingerprint density at radius 3 is 2.28 bits per heavy atom. The third kappa shape index (κ3) is 8.19. The summed E-state index contributed by atoms with van der Waals surface area (Å²) in [5, 5.41) is 3.67. The molecule has 2 amide bonds. The average Bonchev–Trinajstić information content (AvgIpc) is 2.78. The van der Waals surface area contributed by atoms with Crippen LogP contribution in [0.15, 0.2) is 48.5 Å². The first-order chi connectivity index (χ1) is 15.3. The number of nitrogens with one attached hydrogen (secondary N) is 1. The summed E-state index contributed by atoms with van der Waals surface area (Å²) < 4.78 is 5.76. The summed E-state index contributed by atoms with van der Waals surface area (Å²) in [5.74, 6) is 0.624. The molecule has 0 aliphatic heterocycles. The molecule has 5 nitrogen and oxygen atoms in total. The lowest BCUT2D eigenvalue weighted by Gasteiger charge is -2.31. The second kappa shape index (κ2) is 13.1. The molecule has 2 atom stereocenters. The molecular formula is C26H35ClN2O3. The normalized spacial score (nSPS) is 12.7. The van der Waals surface area contributed by atoms with Gasteiger partial charge in [-0.25, -0.2) is 0 Å². The van der Waals surface area contributed by atoms with Gasteiger partial charge in [0, 0.05) is 24.0 Å². The molecule has 2 rings (SSSR count). The number of hydrogen-bond acceptors (Lipinski definition) is 3. The summed E-state index contributed by atoms with van der Waals surface area (Å²) in [6, 6.07) is 14.8. The van der Waals surface area contributed by atoms with Crippen LogP contribution in [0.5, 0.6) is 5.75 Å². The Morgan fingerprint density at radius 1 is 1.03 bits per heavy atom. The van der Waals surface area contributed by atoms with Gasteiger partial charge in [0.05, 0.1) is 6.61 Å². The summed E-state index contributed by atoms with van der Waals surface area (Å²) in [4.78, 5) is 27.8. The van der Waals surface area contributed by atoms with Gasteiger partial charge in [0.25, 0.3) is 0 Å². The Bertz CT molecular complexity index is 852. The first-order valence-electron chi connectivity index (χ1n) is 11.4. The first-order valence-corrected chi connectivity index (χ1v) is 11.8. The van der Waals surface area contributed by atoms with Crippen LogP contribution in [0.2, 0.25) is 5.02 Å². The standard InChI is InChI=1S/C26H35ClN2O3/c1-5-20(4)28-26(31)24(6-2)29(18-21-11-13-22(27)14-12-21)25(30)8-7-17-32-23-15-9-19(3)10-16-23/h9-16,20,24H,5-8,17-18H2,1-4H3,(H,28,31)/t20-,24+/m1/s1. The molecule has 0 aliphatic rings. The van der Waals surface area contributed by atoms with Gasteiger partial charge in [0.2, 0.25) is 11.8 Å². The van der Waals surface area contributed by atoms with E-state index in [1.54, 1.807) is 17.0 Å². The van der Waals surface area contributed by atoms with Crippen molar-refractivity contribution in [3.8, 4) is 5.75 Å². The molecule has 0 heterocycles. The van der Waals surface area contributed by atoms with Crippen molar-refractivity contribution < 1.29 is 14.3 Å². The Labute approximate surface area is 197 Å². The van der Waals surface area contributed by atoms with Gasteiger partial charge in [-0.1, -0.05) is 55.3 Å². The number of nitrogens with zero attached hydrogens (tertiary/aromatic N) is 1. The summed E-state index contributed by atoms with van der Waals surface area (Å²) >= 11 is 6.01. The Balaban J connectivity index is 2.05. The van der Waals surface area contributed by atoms with Crippen LogP contribution in [-0.2, 0) is 16.1 Å². The van der Waals surface area contributed by atoms with Gasteiger partial charge in [-0.15, -0.1) is 0 Å². The van der Waals surface area contributed by atoms with Crippen molar-refractivity contribution in [2.24, 2.45) is 0 Å².